The van der Waals surface area contributed by atoms with Crippen molar-refractivity contribution in [2.75, 3.05) is 5.75 Å². The van der Waals surface area contributed by atoms with Gasteiger partial charge in [0.05, 0.1) is 10.5 Å². The van der Waals surface area contributed by atoms with Crippen LogP contribution in [0.1, 0.15) is 55.5 Å². The van der Waals surface area contributed by atoms with Gasteiger partial charge < -0.3 is 0 Å². The molecule has 1 aromatic carbocycles. The maximum absolute atomic E-state index is 12.6. The summed E-state index contributed by atoms with van der Waals surface area (Å²) in [4.78, 5) is 17.3. The molecule has 0 spiro atoms. The Balaban J connectivity index is 1.82. The Hall–Kier alpha value is -1.35. The summed E-state index contributed by atoms with van der Waals surface area (Å²) in [6.45, 7) is 4.25. The first kappa shape index (κ1) is 15.5. The van der Waals surface area contributed by atoms with Gasteiger partial charge in [-0.25, -0.2) is 4.98 Å². The minimum atomic E-state index is 0.113. The molecule has 1 aromatic heterocycles. The van der Waals surface area contributed by atoms with Gasteiger partial charge in [-0.05, 0) is 42.7 Å². The van der Waals surface area contributed by atoms with Gasteiger partial charge in [-0.3, -0.25) is 4.79 Å². The Morgan fingerprint density at radius 1 is 1.32 bits per heavy atom. The maximum Gasteiger partial charge on any atom is 0.165 e. The molecule has 1 unspecified atom stereocenters. The van der Waals surface area contributed by atoms with Crippen molar-refractivity contribution in [3.05, 3.63) is 35.4 Å². The predicted octanol–water partition coefficient (Wildman–Crippen LogP) is 5.28. The van der Waals surface area contributed by atoms with Crippen molar-refractivity contribution in [3.63, 3.8) is 0 Å². The molecule has 1 aliphatic rings. The lowest BCUT2D eigenvalue weighted by molar-refractivity contribution is 0.0922. The fourth-order valence-corrected chi connectivity index (χ4v) is 4.06. The lowest BCUT2D eigenvalue weighted by Gasteiger charge is -2.11. The number of ketones is 1. The molecular weight excluding hydrogens is 290 g/mol. The zero-order valence-corrected chi connectivity index (χ0v) is 14.2. The highest BCUT2D eigenvalue weighted by Crippen LogP contribution is 2.32. The fourth-order valence-electron chi connectivity index (χ4n) is 3.03. The number of benzene rings is 1. The Morgan fingerprint density at radius 3 is 3.00 bits per heavy atom. The minimum Gasteiger partial charge on any atom is -0.294 e. The minimum absolute atomic E-state index is 0.113. The van der Waals surface area contributed by atoms with Crippen molar-refractivity contribution in [2.45, 2.75) is 51.0 Å². The van der Waals surface area contributed by atoms with Crippen LogP contribution in [0.25, 0.3) is 10.9 Å². The van der Waals surface area contributed by atoms with Gasteiger partial charge in [0.2, 0.25) is 0 Å². The number of carbonyl (C=O) groups is 1. The monoisotopic (exact) mass is 313 g/mol. The second-order valence-corrected chi connectivity index (χ2v) is 7.30. The Labute approximate surface area is 136 Å². The predicted molar refractivity (Wildman–Crippen MR) is 93.8 cm³/mol. The molecule has 3 heteroatoms. The molecule has 0 bridgehead atoms. The number of thioether (sulfide) groups is 1. The zero-order valence-electron chi connectivity index (χ0n) is 13.4. The largest absolute Gasteiger partial charge is 0.294 e. The fraction of sp³-hybridized carbons (Fsp3) is 0.474. The van der Waals surface area contributed by atoms with Crippen LogP contribution in [0.4, 0.5) is 0 Å². The second-order valence-electron chi connectivity index (χ2n) is 6.22. The van der Waals surface area contributed by atoms with Crippen LogP contribution in [-0.2, 0) is 6.42 Å². The van der Waals surface area contributed by atoms with Crippen LogP contribution in [0.2, 0.25) is 0 Å². The number of pyridine rings is 1. The normalized spacial score (nSPS) is 15.0. The Kier molecular flexibility index (Phi) is 4.82. The Morgan fingerprint density at radius 2 is 2.18 bits per heavy atom. The number of carbonyl (C=O) groups excluding carboxylic acids is 1. The average Bonchev–Trinajstić information content (AvgIpc) is 2.98. The number of aromatic nitrogens is 1. The molecule has 0 N–H and O–H groups in total. The second kappa shape index (κ2) is 6.82. The van der Waals surface area contributed by atoms with E-state index in [1.807, 2.05) is 30.0 Å². The van der Waals surface area contributed by atoms with Crippen molar-refractivity contribution in [1.29, 1.82) is 0 Å². The molecule has 0 amide bonds. The third-order valence-electron chi connectivity index (χ3n) is 4.44. The smallest absolute Gasteiger partial charge is 0.165 e. The summed E-state index contributed by atoms with van der Waals surface area (Å²) in [5, 5.41) is 2.27. The van der Waals surface area contributed by atoms with E-state index in [1.54, 1.807) is 0 Å². The summed E-state index contributed by atoms with van der Waals surface area (Å²) < 4.78 is 0. The molecule has 0 saturated heterocycles. The number of fused-ring (bicyclic) bond motifs is 2. The topological polar surface area (TPSA) is 30.0 Å². The molecule has 2 nitrogen and oxygen atoms in total. The highest BCUT2D eigenvalue weighted by atomic mass is 32.2. The summed E-state index contributed by atoms with van der Waals surface area (Å²) in [6.07, 6.45) is 5.64. The summed E-state index contributed by atoms with van der Waals surface area (Å²) in [5.41, 5.74) is 3.17. The molecule has 2 aromatic rings. The molecular formula is C19H23NOS. The van der Waals surface area contributed by atoms with Gasteiger partial charge in [-0.15, -0.1) is 11.8 Å². The standard InChI is InChI=1S/C19H23NOS/c1-3-4-5-6-13(2)18(21)14-7-8-17-16(11-14)12-15-9-10-22-19(15)20-17/h7-8,11-13H,3-6,9-10H2,1-2H3. The molecule has 1 aliphatic heterocycles. The highest BCUT2D eigenvalue weighted by molar-refractivity contribution is 7.99. The van der Waals surface area contributed by atoms with Crippen LogP contribution in [0.5, 0.6) is 0 Å². The summed E-state index contributed by atoms with van der Waals surface area (Å²) >= 11 is 1.83. The maximum atomic E-state index is 12.6. The number of rotatable bonds is 6. The molecule has 2 heterocycles. The molecule has 22 heavy (non-hydrogen) atoms. The van der Waals surface area contributed by atoms with E-state index in [1.165, 1.54) is 23.4 Å². The number of aryl methyl sites for hydroxylation is 1. The third kappa shape index (κ3) is 3.19. The quantitative estimate of drug-likeness (QED) is 0.536. The van der Waals surface area contributed by atoms with E-state index < -0.39 is 0 Å². The average molecular weight is 313 g/mol. The molecule has 1 atom stereocenters. The first-order valence-electron chi connectivity index (χ1n) is 8.29. The first-order chi connectivity index (χ1) is 10.7. The summed E-state index contributed by atoms with van der Waals surface area (Å²) in [7, 11) is 0. The van der Waals surface area contributed by atoms with Crippen LogP contribution in [0.3, 0.4) is 0 Å². The van der Waals surface area contributed by atoms with Crippen molar-refractivity contribution < 1.29 is 4.79 Å². The van der Waals surface area contributed by atoms with E-state index in [-0.39, 0.29) is 11.7 Å². The van der Waals surface area contributed by atoms with Gasteiger partial charge in [0.25, 0.3) is 0 Å². The molecule has 0 fully saturated rings. The molecule has 116 valence electrons. The van der Waals surface area contributed by atoms with Gasteiger partial charge in [0.15, 0.2) is 5.78 Å². The van der Waals surface area contributed by atoms with Crippen LogP contribution in [0.15, 0.2) is 29.3 Å². The SMILES string of the molecule is CCCCCC(C)C(=O)c1ccc2nc3c(cc2c1)CCS3. The van der Waals surface area contributed by atoms with E-state index in [2.05, 4.69) is 19.9 Å². The third-order valence-corrected chi connectivity index (χ3v) is 5.47. The lowest BCUT2D eigenvalue weighted by atomic mass is 9.93. The van der Waals surface area contributed by atoms with Gasteiger partial charge >= 0.3 is 0 Å². The molecule has 0 saturated carbocycles. The number of Topliss-reactive ketones (excluding diaryl/α,β-unsaturated/α-hetero) is 1. The molecule has 0 aliphatic carbocycles. The number of unbranched alkanes of at least 4 members (excludes halogenated alkanes) is 2. The first-order valence-corrected chi connectivity index (χ1v) is 9.28. The van der Waals surface area contributed by atoms with Crippen molar-refractivity contribution in [2.24, 2.45) is 5.92 Å². The Bertz CT molecular complexity index is 695. The van der Waals surface area contributed by atoms with E-state index in [0.29, 0.717) is 0 Å². The van der Waals surface area contributed by atoms with E-state index in [9.17, 15) is 4.79 Å². The summed E-state index contributed by atoms with van der Waals surface area (Å²) in [6, 6.07) is 8.20. The van der Waals surface area contributed by atoms with Gasteiger partial charge in [0, 0.05) is 22.6 Å². The van der Waals surface area contributed by atoms with Gasteiger partial charge in [-0.2, -0.15) is 0 Å². The highest BCUT2D eigenvalue weighted by Gasteiger charge is 2.17. The van der Waals surface area contributed by atoms with E-state index >= 15 is 0 Å². The molecule has 0 radical (unpaired) electrons. The van der Waals surface area contributed by atoms with E-state index in [0.717, 1.165) is 41.5 Å². The number of nitrogens with zero attached hydrogens (tertiary/aromatic N) is 1. The van der Waals surface area contributed by atoms with Crippen LogP contribution < -0.4 is 0 Å². The summed E-state index contributed by atoms with van der Waals surface area (Å²) in [5.74, 6) is 1.51. The van der Waals surface area contributed by atoms with Crippen LogP contribution in [0, 0.1) is 5.92 Å². The van der Waals surface area contributed by atoms with Crippen molar-refractivity contribution >= 4 is 28.4 Å². The number of hydrogen-bond acceptors (Lipinski definition) is 3. The zero-order chi connectivity index (χ0) is 15.5. The van der Waals surface area contributed by atoms with E-state index in [4.69, 9.17) is 4.98 Å². The number of hydrogen-bond donors (Lipinski definition) is 0. The van der Waals surface area contributed by atoms with Gasteiger partial charge in [0.1, 0.15) is 0 Å². The van der Waals surface area contributed by atoms with Crippen molar-refractivity contribution in [3.8, 4) is 0 Å². The van der Waals surface area contributed by atoms with Gasteiger partial charge in [-0.1, -0.05) is 33.1 Å². The van der Waals surface area contributed by atoms with Crippen LogP contribution in [-0.4, -0.2) is 16.5 Å². The van der Waals surface area contributed by atoms with Crippen LogP contribution >= 0.6 is 11.8 Å². The van der Waals surface area contributed by atoms with Crippen molar-refractivity contribution in [1.82, 2.24) is 4.98 Å². The molecule has 3 rings (SSSR count). The lowest BCUT2D eigenvalue weighted by Crippen LogP contribution is -2.11.